The second kappa shape index (κ2) is 6.95. The molecular formula is C18H15ClN2O4S. The van der Waals surface area contributed by atoms with E-state index in [1.807, 2.05) is 19.1 Å². The minimum absolute atomic E-state index is 0.234. The van der Waals surface area contributed by atoms with Gasteiger partial charge in [-0.2, -0.15) is 13.5 Å². The molecule has 0 aliphatic heterocycles. The van der Waals surface area contributed by atoms with Gasteiger partial charge in [0.1, 0.15) is 5.75 Å². The predicted molar refractivity (Wildman–Crippen MR) is 103 cm³/mol. The molecule has 26 heavy (non-hydrogen) atoms. The molecule has 0 atom stereocenters. The zero-order chi connectivity index (χ0) is 18.9. The van der Waals surface area contributed by atoms with E-state index in [0.717, 1.165) is 17.3 Å². The lowest BCUT2D eigenvalue weighted by Gasteiger charge is -2.08. The smallest absolute Gasteiger partial charge is 0.294 e. The molecule has 0 saturated carbocycles. The fraction of sp³-hybridized carbons (Fsp3) is 0.0556. The Morgan fingerprint density at radius 2 is 1.77 bits per heavy atom. The van der Waals surface area contributed by atoms with Crippen LogP contribution in [0.15, 0.2) is 64.6 Å². The molecule has 0 aliphatic carbocycles. The monoisotopic (exact) mass is 390 g/mol. The normalized spacial score (nSPS) is 12.3. The highest BCUT2D eigenvalue weighted by Crippen LogP contribution is 2.30. The number of hydrazone groups is 1. The van der Waals surface area contributed by atoms with E-state index < -0.39 is 10.1 Å². The molecule has 3 N–H and O–H groups in total. The molecule has 6 nitrogen and oxygen atoms in total. The summed E-state index contributed by atoms with van der Waals surface area (Å²) in [5, 5.41) is 15.8. The van der Waals surface area contributed by atoms with Crippen LogP contribution in [0.25, 0.3) is 10.8 Å². The molecule has 0 radical (unpaired) electrons. The van der Waals surface area contributed by atoms with Crippen molar-refractivity contribution in [1.82, 2.24) is 0 Å². The number of rotatable bonds is 4. The predicted octanol–water partition coefficient (Wildman–Crippen LogP) is 4.28. The van der Waals surface area contributed by atoms with Gasteiger partial charge in [-0.05, 0) is 54.3 Å². The summed E-state index contributed by atoms with van der Waals surface area (Å²) in [4.78, 5) is -0.375. The number of nitrogens with zero attached hydrogens (tertiary/aromatic N) is 1. The van der Waals surface area contributed by atoms with E-state index in [1.165, 1.54) is 6.07 Å². The molecular weight excluding hydrogens is 376 g/mol. The minimum Gasteiger partial charge on any atom is -0.507 e. The van der Waals surface area contributed by atoms with E-state index in [-0.39, 0.29) is 10.6 Å². The molecule has 0 fully saturated rings. The van der Waals surface area contributed by atoms with Gasteiger partial charge in [0.2, 0.25) is 0 Å². The van der Waals surface area contributed by atoms with Crippen LogP contribution in [-0.2, 0) is 10.1 Å². The summed E-state index contributed by atoms with van der Waals surface area (Å²) in [6, 6.07) is 14.5. The molecule has 0 heterocycles. The second-order valence-electron chi connectivity index (χ2n) is 5.67. The van der Waals surface area contributed by atoms with E-state index >= 15 is 0 Å². The Morgan fingerprint density at radius 1 is 1.08 bits per heavy atom. The Hall–Kier alpha value is -2.61. The zero-order valence-electron chi connectivity index (χ0n) is 13.6. The minimum atomic E-state index is -4.41. The van der Waals surface area contributed by atoms with Crippen molar-refractivity contribution in [1.29, 1.82) is 0 Å². The largest absolute Gasteiger partial charge is 0.507 e. The highest BCUT2D eigenvalue weighted by atomic mass is 35.5. The van der Waals surface area contributed by atoms with Crippen LogP contribution in [0.1, 0.15) is 12.5 Å². The molecule has 134 valence electrons. The number of hydrogen-bond acceptors (Lipinski definition) is 5. The maximum atomic E-state index is 11.3. The van der Waals surface area contributed by atoms with Crippen LogP contribution in [-0.4, -0.2) is 23.8 Å². The molecule has 3 aromatic carbocycles. The Bertz CT molecular complexity index is 1110. The highest BCUT2D eigenvalue weighted by molar-refractivity contribution is 7.85. The molecule has 0 saturated heterocycles. The number of phenolic OH excluding ortho intramolecular Hbond substituents is 1. The topological polar surface area (TPSA) is 99.0 Å². The van der Waals surface area contributed by atoms with Crippen LogP contribution >= 0.6 is 11.6 Å². The van der Waals surface area contributed by atoms with Crippen molar-refractivity contribution in [3.05, 3.63) is 65.2 Å². The molecule has 0 spiro atoms. The summed E-state index contributed by atoms with van der Waals surface area (Å²) in [7, 11) is -4.41. The first-order valence-corrected chi connectivity index (χ1v) is 9.36. The van der Waals surface area contributed by atoms with Crippen LogP contribution in [0, 0.1) is 0 Å². The first-order chi connectivity index (χ1) is 12.2. The van der Waals surface area contributed by atoms with Crippen molar-refractivity contribution >= 4 is 43.9 Å². The van der Waals surface area contributed by atoms with Gasteiger partial charge in [0.15, 0.2) is 0 Å². The lowest BCUT2D eigenvalue weighted by Crippen LogP contribution is -2.00. The van der Waals surface area contributed by atoms with Gasteiger partial charge in [-0.3, -0.25) is 9.98 Å². The van der Waals surface area contributed by atoms with Gasteiger partial charge in [0, 0.05) is 16.5 Å². The van der Waals surface area contributed by atoms with Crippen molar-refractivity contribution in [2.75, 3.05) is 5.43 Å². The average Bonchev–Trinajstić information content (AvgIpc) is 2.59. The third-order valence-electron chi connectivity index (χ3n) is 3.82. The van der Waals surface area contributed by atoms with Crippen LogP contribution in [0.4, 0.5) is 5.69 Å². The summed E-state index contributed by atoms with van der Waals surface area (Å²) in [5.74, 6) is -0.234. The maximum absolute atomic E-state index is 11.3. The number of phenols is 1. The van der Waals surface area contributed by atoms with E-state index in [0.29, 0.717) is 21.5 Å². The molecule has 8 heteroatoms. The van der Waals surface area contributed by atoms with Crippen molar-refractivity contribution in [2.45, 2.75) is 11.8 Å². The number of anilines is 1. The SMILES string of the molecule is CC(=NNc1ccc2c(O)cc(S(=O)(=O)O)cc2c1)c1ccc(Cl)cc1. The molecule has 0 aliphatic rings. The molecule has 0 unspecified atom stereocenters. The number of hydrogen-bond donors (Lipinski definition) is 3. The molecule has 3 aromatic rings. The van der Waals surface area contributed by atoms with Crippen LogP contribution in [0.3, 0.4) is 0 Å². The molecule has 3 rings (SSSR count). The van der Waals surface area contributed by atoms with Crippen molar-refractivity contribution < 1.29 is 18.1 Å². The van der Waals surface area contributed by atoms with Crippen molar-refractivity contribution in [2.24, 2.45) is 5.10 Å². The quantitative estimate of drug-likeness (QED) is 0.351. The van der Waals surface area contributed by atoms with E-state index in [9.17, 15) is 18.1 Å². The van der Waals surface area contributed by atoms with Gasteiger partial charge in [0.25, 0.3) is 10.1 Å². The van der Waals surface area contributed by atoms with Gasteiger partial charge in [0.05, 0.1) is 16.3 Å². The number of nitrogens with one attached hydrogen (secondary N) is 1. The van der Waals surface area contributed by atoms with Gasteiger partial charge < -0.3 is 5.11 Å². The standard InChI is InChI=1S/C18H15ClN2O4S/c1-11(12-2-4-14(19)5-3-12)20-21-15-6-7-17-13(8-15)9-16(10-18(17)22)26(23,24)25/h2-10,21-22H,1H3,(H,23,24,25). The maximum Gasteiger partial charge on any atom is 0.294 e. The van der Waals surface area contributed by atoms with Gasteiger partial charge in [-0.15, -0.1) is 0 Å². The Balaban J connectivity index is 1.93. The summed E-state index contributed by atoms with van der Waals surface area (Å²) in [6.45, 7) is 1.83. The lowest BCUT2D eigenvalue weighted by atomic mass is 10.1. The average molecular weight is 391 g/mol. The summed E-state index contributed by atoms with van der Waals surface area (Å²) in [5.41, 5.74) is 5.11. The first-order valence-electron chi connectivity index (χ1n) is 7.54. The molecule has 0 amide bonds. The van der Waals surface area contributed by atoms with E-state index in [4.69, 9.17) is 11.6 Å². The van der Waals surface area contributed by atoms with E-state index in [2.05, 4.69) is 10.5 Å². The lowest BCUT2D eigenvalue weighted by molar-refractivity contribution is 0.471. The first kappa shape index (κ1) is 18.2. The fourth-order valence-electron chi connectivity index (χ4n) is 2.45. The van der Waals surface area contributed by atoms with Crippen molar-refractivity contribution in [3.8, 4) is 5.75 Å². The highest BCUT2D eigenvalue weighted by Gasteiger charge is 2.13. The molecule has 0 aromatic heterocycles. The number of halogens is 1. The van der Waals surface area contributed by atoms with Gasteiger partial charge in [-0.25, -0.2) is 0 Å². The number of fused-ring (bicyclic) bond motifs is 1. The van der Waals surface area contributed by atoms with Gasteiger partial charge >= 0.3 is 0 Å². The summed E-state index contributed by atoms with van der Waals surface area (Å²) >= 11 is 5.87. The third-order valence-corrected chi connectivity index (χ3v) is 4.90. The number of benzene rings is 3. The number of aromatic hydroxyl groups is 1. The summed E-state index contributed by atoms with van der Waals surface area (Å²) < 4.78 is 31.8. The second-order valence-corrected chi connectivity index (χ2v) is 7.53. The van der Waals surface area contributed by atoms with Gasteiger partial charge in [-0.1, -0.05) is 23.7 Å². The zero-order valence-corrected chi connectivity index (χ0v) is 15.2. The van der Waals surface area contributed by atoms with Crippen molar-refractivity contribution in [3.63, 3.8) is 0 Å². The Morgan fingerprint density at radius 3 is 2.42 bits per heavy atom. The molecule has 0 bridgehead atoms. The Labute approximate surface area is 155 Å². The van der Waals surface area contributed by atoms with Crippen LogP contribution in [0.5, 0.6) is 5.75 Å². The van der Waals surface area contributed by atoms with E-state index in [1.54, 1.807) is 30.3 Å². The fourth-order valence-corrected chi connectivity index (χ4v) is 3.11. The van der Waals surface area contributed by atoms with Crippen LogP contribution < -0.4 is 5.43 Å². The van der Waals surface area contributed by atoms with Crippen LogP contribution in [0.2, 0.25) is 5.02 Å². The third kappa shape index (κ3) is 3.96. The Kier molecular flexibility index (Phi) is 4.86. The summed E-state index contributed by atoms with van der Waals surface area (Å²) in [6.07, 6.45) is 0.